The van der Waals surface area contributed by atoms with Gasteiger partial charge in [0, 0.05) is 19.0 Å². The Morgan fingerprint density at radius 1 is 1.35 bits per heavy atom. The highest BCUT2D eigenvalue weighted by Gasteiger charge is 2.44. The Labute approximate surface area is 105 Å². The van der Waals surface area contributed by atoms with Crippen molar-refractivity contribution in [1.29, 1.82) is 5.41 Å². The van der Waals surface area contributed by atoms with Gasteiger partial charge in [-0.1, -0.05) is 19.8 Å². The first kappa shape index (κ1) is 12.9. The third kappa shape index (κ3) is 3.44. The maximum atomic E-state index is 7.50. The van der Waals surface area contributed by atoms with Gasteiger partial charge in [0.2, 0.25) is 0 Å². The second-order valence-electron chi connectivity index (χ2n) is 6.08. The molecule has 0 aromatic carbocycles. The molecule has 1 saturated carbocycles. The summed E-state index contributed by atoms with van der Waals surface area (Å²) in [6.45, 7) is 4.76. The maximum absolute atomic E-state index is 7.50. The first-order chi connectivity index (χ1) is 8.15. The molecule has 2 rings (SSSR count). The van der Waals surface area contributed by atoms with Crippen molar-refractivity contribution in [2.45, 2.75) is 64.3 Å². The van der Waals surface area contributed by atoms with Crippen LogP contribution in [0.25, 0.3) is 0 Å². The smallest absolute Gasteiger partial charge is 0.0911 e. The predicted molar refractivity (Wildman–Crippen MR) is 72.3 cm³/mol. The largest absolute Gasteiger partial charge is 0.388 e. The Balaban J connectivity index is 1.93. The lowest BCUT2D eigenvalue weighted by molar-refractivity contribution is 0.158. The molecule has 0 aromatic heterocycles. The van der Waals surface area contributed by atoms with E-state index < -0.39 is 0 Å². The van der Waals surface area contributed by atoms with E-state index in [0.29, 0.717) is 11.3 Å². The van der Waals surface area contributed by atoms with Gasteiger partial charge < -0.3 is 5.73 Å². The second-order valence-corrected chi connectivity index (χ2v) is 6.08. The van der Waals surface area contributed by atoms with Crippen LogP contribution in [0.15, 0.2) is 0 Å². The van der Waals surface area contributed by atoms with Crippen LogP contribution in [0.4, 0.5) is 0 Å². The van der Waals surface area contributed by atoms with E-state index in [4.69, 9.17) is 11.1 Å². The third-order valence-corrected chi connectivity index (χ3v) is 4.53. The van der Waals surface area contributed by atoms with Gasteiger partial charge in [0.1, 0.15) is 0 Å². The number of rotatable bonds is 5. The fourth-order valence-electron chi connectivity index (χ4n) is 3.31. The summed E-state index contributed by atoms with van der Waals surface area (Å²) in [5, 5.41) is 7.50. The van der Waals surface area contributed by atoms with Gasteiger partial charge in [-0.3, -0.25) is 10.3 Å². The molecule has 0 aromatic rings. The molecule has 98 valence electrons. The van der Waals surface area contributed by atoms with E-state index in [1.54, 1.807) is 0 Å². The molecule has 0 bridgehead atoms. The highest BCUT2D eigenvalue weighted by atomic mass is 15.2. The lowest BCUT2D eigenvalue weighted by Crippen LogP contribution is -2.39. The first-order valence-electron chi connectivity index (χ1n) is 7.22. The van der Waals surface area contributed by atoms with Crippen LogP contribution in [0.1, 0.15) is 58.3 Å². The number of hydrogen-bond acceptors (Lipinski definition) is 2. The third-order valence-electron chi connectivity index (χ3n) is 4.53. The zero-order chi connectivity index (χ0) is 12.3. The average molecular weight is 237 g/mol. The summed E-state index contributed by atoms with van der Waals surface area (Å²) in [7, 11) is 0. The molecular weight excluding hydrogens is 210 g/mol. The van der Waals surface area contributed by atoms with Gasteiger partial charge >= 0.3 is 0 Å². The fraction of sp³-hybridized carbons (Fsp3) is 0.929. The van der Waals surface area contributed by atoms with Crippen molar-refractivity contribution in [3.05, 3.63) is 0 Å². The molecule has 2 aliphatic rings. The van der Waals surface area contributed by atoms with Crippen LogP contribution in [-0.4, -0.2) is 29.9 Å². The Bertz CT molecular complexity index is 271. The van der Waals surface area contributed by atoms with Gasteiger partial charge in [-0.05, 0) is 44.1 Å². The molecule has 3 heteroatoms. The predicted octanol–water partition coefficient (Wildman–Crippen LogP) is 2.75. The molecule has 3 N–H and O–H groups in total. The van der Waals surface area contributed by atoms with Crippen LogP contribution < -0.4 is 5.73 Å². The highest BCUT2D eigenvalue weighted by molar-refractivity contribution is 5.78. The van der Waals surface area contributed by atoms with Crippen molar-refractivity contribution in [1.82, 2.24) is 4.90 Å². The lowest BCUT2D eigenvalue weighted by Gasteiger charge is -2.32. The van der Waals surface area contributed by atoms with Gasteiger partial charge in [0.15, 0.2) is 0 Å². The molecule has 17 heavy (non-hydrogen) atoms. The highest BCUT2D eigenvalue weighted by Crippen LogP contribution is 2.49. The van der Waals surface area contributed by atoms with E-state index in [-0.39, 0.29) is 0 Å². The average Bonchev–Trinajstić information content (AvgIpc) is 3.03. The lowest BCUT2D eigenvalue weighted by atomic mass is 9.99. The quantitative estimate of drug-likeness (QED) is 0.570. The number of nitrogens with zero attached hydrogens (tertiary/aromatic N) is 1. The van der Waals surface area contributed by atoms with Crippen molar-refractivity contribution < 1.29 is 0 Å². The van der Waals surface area contributed by atoms with Gasteiger partial charge in [0.05, 0.1) is 5.84 Å². The summed E-state index contributed by atoms with van der Waals surface area (Å²) < 4.78 is 0. The van der Waals surface area contributed by atoms with Gasteiger partial charge in [-0.15, -0.1) is 0 Å². The number of likely N-dealkylation sites (tertiary alicyclic amines) is 1. The second kappa shape index (κ2) is 5.38. The molecule has 2 fully saturated rings. The molecule has 0 spiro atoms. The van der Waals surface area contributed by atoms with Crippen molar-refractivity contribution in [3.63, 3.8) is 0 Å². The van der Waals surface area contributed by atoms with Gasteiger partial charge in [-0.25, -0.2) is 0 Å². The molecule has 1 aliphatic heterocycles. The molecule has 1 saturated heterocycles. The molecule has 3 nitrogen and oxygen atoms in total. The topological polar surface area (TPSA) is 53.1 Å². The Morgan fingerprint density at radius 2 is 2.12 bits per heavy atom. The molecule has 0 amide bonds. The minimum Gasteiger partial charge on any atom is -0.388 e. The zero-order valence-corrected chi connectivity index (χ0v) is 11.2. The summed E-state index contributed by atoms with van der Waals surface area (Å²) in [4.78, 5) is 2.70. The summed E-state index contributed by atoms with van der Waals surface area (Å²) in [5.74, 6) is 0.380. The van der Waals surface area contributed by atoms with Gasteiger partial charge in [0.25, 0.3) is 0 Å². The monoisotopic (exact) mass is 237 g/mol. The normalized spacial score (nSPS) is 28.6. The molecule has 1 aliphatic carbocycles. The maximum Gasteiger partial charge on any atom is 0.0911 e. The minimum absolute atomic E-state index is 0.379. The Kier molecular flexibility index (Phi) is 4.08. The van der Waals surface area contributed by atoms with E-state index in [2.05, 4.69) is 11.8 Å². The van der Waals surface area contributed by atoms with Gasteiger partial charge in [-0.2, -0.15) is 0 Å². The first-order valence-corrected chi connectivity index (χ1v) is 7.22. The molecule has 0 radical (unpaired) electrons. The van der Waals surface area contributed by atoms with E-state index in [1.165, 1.54) is 58.0 Å². The Morgan fingerprint density at radius 3 is 2.71 bits per heavy atom. The van der Waals surface area contributed by atoms with E-state index >= 15 is 0 Å². The summed E-state index contributed by atoms with van der Waals surface area (Å²) in [6.07, 6.45) is 10.2. The number of amidine groups is 1. The van der Waals surface area contributed by atoms with Crippen LogP contribution in [0.5, 0.6) is 0 Å². The summed E-state index contributed by atoms with van der Waals surface area (Å²) in [6, 6.07) is 0.780. The minimum atomic E-state index is 0.379. The standard InChI is InChI=1S/C14H27N3/c1-2-12-6-4-3-5-9-17(12)11-14(7-8-14)10-13(15)16/h12H,2-11H2,1H3,(H3,15,16). The molecule has 1 atom stereocenters. The molecular formula is C14H27N3. The van der Waals surface area contributed by atoms with E-state index in [1.807, 2.05) is 0 Å². The van der Waals surface area contributed by atoms with Crippen LogP contribution in [0.2, 0.25) is 0 Å². The van der Waals surface area contributed by atoms with E-state index in [0.717, 1.165) is 12.5 Å². The van der Waals surface area contributed by atoms with Crippen LogP contribution >= 0.6 is 0 Å². The number of nitrogens with two attached hydrogens (primary N) is 1. The van der Waals surface area contributed by atoms with Crippen molar-refractivity contribution >= 4 is 5.84 Å². The Hall–Kier alpha value is -0.570. The van der Waals surface area contributed by atoms with Crippen LogP contribution in [-0.2, 0) is 0 Å². The van der Waals surface area contributed by atoms with E-state index in [9.17, 15) is 0 Å². The van der Waals surface area contributed by atoms with Crippen molar-refractivity contribution in [3.8, 4) is 0 Å². The van der Waals surface area contributed by atoms with Crippen LogP contribution in [0, 0.1) is 10.8 Å². The number of hydrogen-bond donors (Lipinski definition) is 2. The molecule has 1 heterocycles. The summed E-state index contributed by atoms with van der Waals surface area (Å²) >= 11 is 0. The zero-order valence-electron chi connectivity index (χ0n) is 11.2. The number of nitrogens with one attached hydrogen (secondary N) is 1. The molecule has 1 unspecified atom stereocenters. The summed E-state index contributed by atoms with van der Waals surface area (Å²) in [5.41, 5.74) is 5.97. The SMILES string of the molecule is CCC1CCCCCN1CC1(CC(=N)N)CC1. The fourth-order valence-corrected chi connectivity index (χ4v) is 3.31. The van der Waals surface area contributed by atoms with Crippen molar-refractivity contribution in [2.75, 3.05) is 13.1 Å². The van der Waals surface area contributed by atoms with Crippen LogP contribution in [0.3, 0.4) is 0 Å². The van der Waals surface area contributed by atoms with Crippen molar-refractivity contribution in [2.24, 2.45) is 11.1 Å².